The van der Waals surface area contributed by atoms with Crippen LogP contribution in [0, 0.1) is 0 Å². The molecule has 14 heavy (non-hydrogen) atoms. The molecular formula is C10H18N4. The third kappa shape index (κ3) is 2.58. The normalized spacial score (nSPS) is 10.1. The van der Waals surface area contributed by atoms with Crippen molar-refractivity contribution in [1.82, 2.24) is 9.97 Å². The Morgan fingerprint density at radius 1 is 1.29 bits per heavy atom. The Kier molecular flexibility index (Phi) is 4.16. The molecule has 78 valence electrons. The van der Waals surface area contributed by atoms with Crippen molar-refractivity contribution in [2.45, 2.75) is 26.7 Å². The molecule has 1 rings (SSSR count). The van der Waals surface area contributed by atoms with Crippen LogP contribution in [0.5, 0.6) is 0 Å². The van der Waals surface area contributed by atoms with Gasteiger partial charge >= 0.3 is 0 Å². The lowest BCUT2D eigenvalue weighted by Crippen LogP contribution is -2.26. The van der Waals surface area contributed by atoms with Crippen LogP contribution in [0.2, 0.25) is 0 Å². The van der Waals surface area contributed by atoms with Gasteiger partial charge in [-0.05, 0) is 12.8 Å². The summed E-state index contributed by atoms with van der Waals surface area (Å²) in [4.78, 5) is 10.3. The lowest BCUT2D eigenvalue weighted by atomic mass is 10.3. The fourth-order valence-electron chi connectivity index (χ4n) is 1.46. The molecule has 0 saturated carbocycles. The molecule has 0 aliphatic heterocycles. The molecule has 0 spiro atoms. The van der Waals surface area contributed by atoms with E-state index >= 15 is 0 Å². The highest BCUT2D eigenvalue weighted by atomic mass is 15.2. The maximum Gasteiger partial charge on any atom is 0.155 e. The first-order chi connectivity index (χ1) is 6.79. The maximum atomic E-state index is 5.82. The summed E-state index contributed by atoms with van der Waals surface area (Å²) in [6.07, 6.45) is 5.40. The van der Waals surface area contributed by atoms with Crippen molar-refractivity contribution in [1.29, 1.82) is 0 Å². The van der Waals surface area contributed by atoms with E-state index in [2.05, 4.69) is 28.7 Å². The molecule has 0 radical (unpaired) electrons. The Balaban J connectivity index is 2.81. The van der Waals surface area contributed by atoms with Crippen LogP contribution < -0.4 is 10.6 Å². The Morgan fingerprint density at radius 2 is 1.93 bits per heavy atom. The minimum Gasteiger partial charge on any atom is -0.394 e. The van der Waals surface area contributed by atoms with E-state index in [0.717, 1.165) is 31.7 Å². The van der Waals surface area contributed by atoms with Crippen LogP contribution in [-0.4, -0.2) is 23.1 Å². The van der Waals surface area contributed by atoms with Gasteiger partial charge in [0.2, 0.25) is 0 Å². The van der Waals surface area contributed by atoms with Gasteiger partial charge in [-0.1, -0.05) is 13.8 Å². The predicted octanol–water partition coefficient (Wildman–Crippen LogP) is 1.69. The van der Waals surface area contributed by atoms with Crippen LogP contribution in [-0.2, 0) is 0 Å². The van der Waals surface area contributed by atoms with E-state index in [-0.39, 0.29) is 0 Å². The monoisotopic (exact) mass is 194 g/mol. The number of aromatic nitrogens is 2. The van der Waals surface area contributed by atoms with Crippen molar-refractivity contribution in [3.8, 4) is 0 Å². The summed E-state index contributed by atoms with van der Waals surface area (Å²) in [6, 6.07) is 0. The topological polar surface area (TPSA) is 55.0 Å². The van der Waals surface area contributed by atoms with Gasteiger partial charge in [-0.25, -0.2) is 9.97 Å². The number of nitrogens with two attached hydrogens (primary N) is 1. The van der Waals surface area contributed by atoms with Crippen LogP contribution in [0.3, 0.4) is 0 Å². The number of anilines is 2. The molecular weight excluding hydrogens is 176 g/mol. The number of rotatable bonds is 5. The second-order valence-corrected chi connectivity index (χ2v) is 3.29. The smallest absolute Gasteiger partial charge is 0.155 e. The highest BCUT2D eigenvalue weighted by molar-refractivity contribution is 5.60. The molecule has 0 unspecified atom stereocenters. The minimum atomic E-state index is 0.661. The standard InChI is InChI=1S/C10H18N4/c1-3-5-14(6-4-2)10-9(11)7-12-8-13-10/h7-8H,3-6,11H2,1-2H3. The van der Waals surface area contributed by atoms with Gasteiger partial charge in [0.05, 0.1) is 11.9 Å². The van der Waals surface area contributed by atoms with Crippen LogP contribution in [0.15, 0.2) is 12.5 Å². The zero-order valence-electron chi connectivity index (χ0n) is 8.90. The fourth-order valence-corrected chi connectivity index (χ4v) is 1.46. The fraction of sp³-hybridized carbons (Fsp3) is 0.600. The summed E-state index contributed by atoms with van der Waals surface area (Å²) in [5.74, 6) is 0.865. The van der Waals surface area contributed by atoms with E-state index in [1.165, 1.54) is 0 Å². The third-order valence-electron chi connectivity index (χ3n) is 2.01. The van der Waals surface area contributed by atoms with Crippen LogP contribution in [0.25, 0.3) is 0 Å². The van der Waals surface area contributed by atoms with Crippen molar-refractivity contribution in [3.05, 3.63) is 12.5 Å². The molecule has 4 nitrogen and oxygen atoms in total. The average molecular weight is 194 g/mol. The van der Waals surface area contributed by atoms with Crippen LogP contribution in [0.4, 0.5) is 11.5 Å². The van der Waals surface area contributed by atoms with E-state index in [4.69, 9.17) is 5.73 Å². The van der Waals surface area contributed by atoms with E-state index in [1.54, 1.807) is 12.5 Å². The second-order valence-electron chi connectivity index (χ2n) is 3.29. The zero-order valence-corrected chi connectivity index (χ0v) is 8.90. The summed E-state index contributed by atoms with van der Waals surface area (Å²) >= 11 is 0. The van der Waals surface area contributed by atoms with E-state index in [0.29, 0.717) is 5.69 Å². The SMILES string of the molecule is CCCN(CCC)c1ncncc1N. The van der Waals surface area contributed by atoms with Gasteiger partial charge in [-0.3, -0.25) is 0 Å². The van der Waals surface area contributed by atoms with Crippen molar-refractivity contribution >= 4 is 11.5 Å². The quantitative estimate of drug-likeness (QED) is 0.775. The van der Waals surface area contributed by atoms with Gasteiger partial charge in [0.25, 0.3) is 0 Å². The Bertz CT molecular complexity index is 269. The van der Waals surface area contributed by atoms with E-state index in [1.807, 2.05) is 0 Å². The molecule has 0 atom stereocenters. The molecule has 0 aliphatic rings. The van der Waals surface area contributed by atoms with Crippen molar-refractivity contribution < 1.29 is 0 Å². The third-order valence-corrected chi connectivity index (χ3v) is 2.01. The molecule has 1 aromatic heterocycles. The average Bonchev–Trinajstić information content (AvgIpc) is 2.18. The molecule has 0 aromatic carbocycles. The van der Waals surface area contributed by atoms with E-state index in [9.17, 15) is 0 Å². The highest BCUT2D eigenvalue weighted by Crippen LogP contribution is 2.18. The van der Waals surface area contributed by atoms with Gasteiger partial charge in [0.15, 0.2) is 5.82 Å². The molecule has 1 heterocycles. The predicted molar refractivity (Wildman–Crippen MR) is 59.2 cm³/mol. The summed E-state index contributed by atoms with van der Waals surface area (Å²) in [5.41, 5.74) is 6.48. The maximum absolute atomic E-state index is 5.82. The number of nitrogen functional groups attached to an aromatic ring is 1. The van der Waals surface area contributed by atoms with Gasteiger partial charge < -0.3 is 10.6 Å². The minimum absolute atomic E-state index is 0.661. The Hall–Kier alpha value is -1.32. The van der Waals surface area contributed by atoms with Crippen molar-refractivity contribution in [2.24, 2.45) is 0 Å². The molecule has 0 amide bonds. The second kappa shape index (κ2) is 5.42. The number of hydrogen-bond acceptors (Lipinski definition) is 4. The van der Waals surface area contributed by atoms with Crippen molar-refractivity contribution in [3.63, 3.8) is 0 Å². The molecule has 4 heteroatoms. The summed E-state index contributed by atoms with van der Waals surface area (Å²) in [7, 11) is 0. The van der Waals surface area contributed by atoms with Gasteiger partial charge in [-0.2, -0.15) is 0 Å². The Labute approximate surface area is 85.2 Å². The summed E-state index contributed by atoms with van der Waals surface area (Å²) in [6.45, 7) is 6.30. The number of hydrogen-bond donors (Lipinski definition) is 1. The highest BCUT2D eigenvalue weighted by Gasteiger charge is 2.08. The van der Waals surface area contributed by atoms with Gasteiger partial charge in [0, 0.05) is 13.1 Å². The van der Waals surface area contributed by atoms with Gasteiger partial charge in [0.1, 0.15) is 6.33 Å². The molecule has 0 saturated heterocycles. The summed E-state index contributed by atoms with van der Waals surface area (Å²) in [5, 5.41) is 0. The zero-order chi connectivity index (χ0) is 10.4. The van der Waals surface area contributed by atoms with Gasteiger partial charge in [-0.15, -0.1) is 0 Å². The largest absolute Gasteiger partial charge is 0.394 e. The lowest BCUT2D eigenvalue weighted by Gasteiger charge is -2.23. The first kappa shape index (κ1) is 10.8. The lowest BCUT2D eigenvalue weighted by molar-refractivity contribution is 0.734. The Morgan fingerprint density at radius 3 is 2.43 bits per heavy atom. The van der Waals surface area contributed by atoms with Crippen LogP contribution in [0.1, 0.15) is 26.7 Å². The first-order valence-electron chi connectivity index (χ1n) is 5.10. The molecule has 1 aromatic rings. The molecule has 0 fully saturated rings. The summed E-state index contributed by atoms with van der Waals surface area (Å²) < 4.78 is 0. The van der Waals surface area contributed by atoms with E-state index < -0.39 is 0 Å². The number of nitrogens with zero attached hydrogens (tertiary/aromatic N) is 3. The molecule has 0 aliphatic carbocycles. The molecule has 0 bridgehead atoms. The van der Waals surface area contributed by atoms with Crippen LogP contribution >= 0.6 is 0 Å². The molecule has 2 N–H and O–H groups in total. The van der Waals surface area contributed by atoms with Crippen molar-refractivity contribution in [2.75, 3.05) is 23.7 Å². The first-order valence-corrected chi connectivity index (χ1v) is 5.10.